The molecule has 3 aromatic carbocycles. The molecule has 0 fully saturated rings. The predicted molar refractivity (Wildman–Crippen MR) is 103 cm³/mol. The van der Waals surface area contributed by atoms with Crippen LogP contribution in [0.15, 0.2) is 24.3 Å². The summed E-state index contributed by atoms with van der Waals surface area (Å²) in [7, 11) is 0. The first kappa shape index (κ1) is 25.1. The lowest BCUT2D eigenvalue weighted by Gasteiger charge is -2.09. The zero-order valence-electron chi connectivity index (χ0n) is 16.7. The van der Waals surface area contributed by atoms with Gasteiger partial charge in [0.05, 0.1) is 11.0 Å². The van der Waals surface area contributed by atoms with Gasteiger partial charge in [-0.25, -0.2) is 43.9 Å². The molecule has 0 radical (unpaired) electrons. The number of hydrogen-bond donors (Lipinski definition) is 0. The van der Waals surface area contributed by atoms with Gasteiger partial charge in [0.1, 0.15) is 11.1 Å². The molecule has 186 valence electrons. The fraction of sp³-hybridized carbons (Fsp3) is 0. The summed E-state index contributed by atoms with van der Waals surface area (Å²) in [6.45, 7) is 0. The number of fused-ring (bicyclic) bond motifs is 1. The molecule has 0 spiro atoms. The molecule has 0 aliphatic heterocycles. The highest BCUT2D eigenvalue weighted by atomic mass is 32.1. The number of halogens is 10. The van der Waals surface area contributed by atoms with Gasteiger partial charge >= 0.3 is 0 Å². The minimum Gasteiger partial charge on any atom is -0.268 e. The van der Waals surface area contributed by atoms with E-state index in [1.54, 1.807) is 0 Å². The summed E-state index contributed by atoms with van der Waals surface area (Å²) in [6, 6.07) is 4.23. The van der Waals surface area contributed by atoms with E-state index in [0.29, 0.717) is 0 Å². The Morgan fingerprint density at radius 3 is 1.03 bits per heavy atom. The van der Waals surface area contributed by atoms with Crippen molar-refractivity contribution in [2.75, 3.05) is 0 Å². The van der Waals surface area contributed by atoms with Gasteiger partial charge in [-0.3, -0.25) is 18.7 Å². The van der Waals surface area contributed by atoms with Crippen molar-refractivity contribution < 1.29 is 53.5 Å². The standard InChI is InChI=1S/C21H4F10N2O2S/c22-9-7(10(23)14(27)17(30)13(9)26)19(34)32-5-3-1-2-4-6(5)33(21(32)36)20(35)8-11(24)15(28)18(31)16(29)12(8)25/h1-4H. The van der Waals surface area contributed by atoms with Gasteiger partial charge in [-0.2, -0.15) is 0 Å². The number of carbonyl (C=O) groups excluding carboxylic acids is 2. The third-order valence-electron chi connectivity index (χ3n) is 5.00. The van der Waals surface area contributed by atoms with Crippen LogP contribution in [0.5, 0.6) is 0 Å². The molecule has 1 heterocycles. The van der Waals surface area contributed by atoms with Crippen LogP contribution < -0.4 is 0 Å². The van der Waals surface area contributed by atoms with E-state index in [-0.39, 0.29) is 9.13 Å². The van der Waals surface area contributed by atoms with Gasteiger partial charge in [0.15, 0.2) is 51.3 Å². The largest absolute Gasteiger partial charge is 0.270 e. The van der Waals surface area contributed by atoms with E-state index in [4.69, 9.17) is 12.2 Å². The van der Waals surface area contributed by atoms with Crippen LogP contribution in [0.25, 0.3) is 11.0 Å². The second-order valence-corrected chi connectivity index (χ2v) is 7.31. The van der Waals surface area contributed by atoms with Crippen LogP contribution in [-0.4, -0.2) is 20.9 Å². The molecule has 0 N–H and O–H groups in total. The SMILES string of the molecule is O=C(c1c(F)c(F)c(F)c(F)c1F)n1c(=S)n(C(=O)c2c(F)c(F)c(F)c(F)c2F)c2ccccc21. The molecular formula is C21H4F10N2O2S. The number of aromatic nitrogens is 2. The van der Waals surface area contributed by atoms with Crippen molar-refractivity contribution in [3.63, 3.8) is 0 Å². The van der Waals surface area contributed by atoms with Crippen LogP contribution in [0, 0.1) is 62.9 Å². The summed E-state index contributed by atoms with van der Waals surface area (Å²) in [6.07, 6.45) is 0. The first-order chi connectivity index (χ1) is 16.8. The van der Waals surface area contributed by atoms with Crippen LogP contribution >= 0.6 is 12.2 Å². The van der Waals surface area contributed by atoms with Crippen LogP contribution in [0.2, 0.25) is 0 Å². The Morgan fingerprint density at radius 2 is 0.750 bits per heavy atom. The van der Waals surface area contributed by atoms with Crippen LogP contribution in [-0.2, 0) is 0 Å². The van der Waals surface area contributed by atoms with Crippen molar-refractivity contribution in [1.82, 2.24) is 9.13 Å². The minimum absolute atomic E-state index is 0.0902. The molecular weight excluding hydrogens is 534 g/mol. The van der Waals surface area contributed by atoms with Crippen LogP contribution in [0.1, 0.15) is 20.7 Å². The summed E-state index contributed by atoms with van der Waals surface area (Å²) in [5.41, 5.74) is -5.08. The lowest BCUT2D eigenvalue weighted by atomic mass is 10.1. The fourth-order valence-corrected chi connectivity index (χ4v) is 3.71. The third kappa shape index (κ3) is 3.33. The van der Waals surface area contributed by atoms with Crippen molar-refractivity contribution in [2.24, 2.45) is 0 Å². The predicted octanol–water partition coefficient (Wildman–Crippen LogP) is 5.94. The molecule has 4 rings (SSSR count). The smallest absolute Gasteiger partial charge is 0.268 e. The summed E-state index contributed by atoms with van der Waals surface area (Å²) in [4.78, 5) is 25.8. The molecule has 0 aliphatic carbocycles. The zero-order chi connectivity index (χ0) is 26.8. The zero-order valence-corrected chi connectivity index (χ0v) is 17.5. The lowest BCUT2D eigenvalue weighted by Crippen LogP contribution is -2.22. The van der Waals surface area contributed by atoms with E-state index in [9.17, 15) is 53.5 Å². The maximum Gasteiger partial charge on any atom is 0.270 e. The highest BCUT2D eigenvalue weighted by Crippen LogP contribution is 2.29. The monoisotopic (exact) mass is 538 g/mol. The van der Waals surface area contributed by atoms with Gasteiger partial charge in [0, 0.05) is 0 Å². The average Bonchev–Trinajstić information content (AvgIpc) is 3.15. The number of benzene rings is 3. The Hall–Kier alpha value is -4.01. The van der Waals surface area contributed by atoms with Gasteiger partial charge in [0.25, 0.3) is 11.8 Å². The number of nitrogens with zero attached hydrogens (tertiary/aromatic N) is 2. The van der Waals surface area contributed by atoms with Crippen molar-refractivity contribution in [3.05, 3.63) is 98.3 Å². The molecule has 1 aromatic heterocycles. The first-order valence-corrected chi connectivity index (χ1v) is 9.58. The fourth-order valence-electron chi connectivity index (χ4n) is 3.35. The van der Waals surface area contributed by atoms with E-state index < -0.39 is 96.9 Å². The van der Waals surface area contributed by atoms with Crippen molar-refractivity contribution in [1.29, 1.82) is 0 Å². The first-order valence-electron chi connectivity index (χ1n) is 9.17. The van der Waals surface area contributed by atoms with E-state index in [2.05, 4.69) is 0 Å². The Morgan fingerprint density at radius 1 is 0.500 bits per heavy atom. The number of hydrogen-bond acceptors (Lipinski definition) is 3. The molecule has 4 nitrogen and oxygen atoms in total. The Bertz CT molecular complexity index is 1530. The molecule has 0 bridgehead atoms. The number of para-hydroxylation sites is 2. The van der Waals surface area contributed by atoms with Gasteiger partial charge in [-0.05, 0) is 24.4 Å². The van der Waals surface area contributed by atoms with Gasteiger partial charge in [-0.1, -0.05) is 12.1 Å². The quantitative estimate of drug-likeness (QED) is 0.137. The second-order valence-electron chi connectivity index (χ2n) is 6.94. The Balaban J connectivity index is 2.06. The van der Waals surface area contributed by atoms with Gasteiger partial charge < -0.3 is 0 Å². The lowest BCUT2D eigenvalue weighted by molar-refractivity contribution is 0.0941. The normalized spacial score (nSPS) is 11.4. The number of rotatable bonds is 2. The topological polar surface area (TPSA) is 44.0 Å². The van der Waals surface area contributed by atoms with E-state index >= 15 is 0 Å². The van der Waals surface area contributed by atoms with Crippen LogP contribution in [0.3, 0.4) is 0 Å². The molecule has 36 heavy (non-hydrogen) atoms. The molecule has 4 aromatic rings. The third-order valence-corrected chi connectivity index (χ3v) is 5.36. The van der Waals surface area contributed by atoms with Crippen molar-refractivity contribution in [2.45, 2.75) is 0 Å². The van der Waals surface area contributed by atoms with Gasteiger partial charge in [-0.15, -0.1) is 0 Å². The van der Waals surface area contributed by atoms with E-state index in [1.165, 1.54) is 0 Å². The second kappa shape index (κ2) is 8.58. The summed E-state index contributed by atoms with van der Waals surface area (Å²) < 4.78 is 137. The van der Waals surface area contributed by atoms with Gasteiger partial charge in [0.2, 0.25) is 11.6 Å². The Kier molecular flexibility index (Phi) is 5.98. The molecule has 0 aliphatic rings. The van der Waals surface area contributed by atoms with Crippen molar-refractivity contribution in [3.8, 4) is 0 Å². The summed E-state index contributed by atoms with van der Waals surface area (Å²) >= 11 is 4.87. The van der Waals surface area contributed by atoms with Crippen molar-refractivity contribution >= 4 is 35.1 Å². The minimum atomic E-state index is -2.57. The molecule has 0 saturated heterocycles. The highest BCUT2D eigenvalue weighted by molar-refractivity contribution is 7.71. The van der Waals surface area contributed by atoms with E-state index in [0.717, 1.165) is 24.3 Å². The molecule has 15 heteroatoms. The summed E-state index contributed by atoms with van der Waals surface area (Å²) in [5, 5.41) is 0. The van der Waals surface area contributed by atoms with Crippen LogP contribution in [0.4, 0.5) is 43.9 Å². The maximum atomic E-state index is 14.3. The summed E-state index contributed by atoms with van der Waals surface area (Å²) in [5.74, 6) is -29.3. The van der Waals surface area contributed by atoms with E-state index in [1.807, 2.05) is 0 Å². The Labute approximate surface area is 196 Å². The molecule has 0 atom stereocenters. The highest BCUT2D eigenvalue weighted by Gasteiger charge is 2.35. The maximum absolute atomic E-state index is 14.3. The molecule has 0 unspecified atom stereocenters. The average molecular weight is 538 g/mol. The number of carbonyl (C=O) groups is 2. The molecule has 0 saturated carbocycles. The number of imidazole rings is 1. The molecule has 0 amide bonds.